The monoisotopic (exact) mass is 485 g/mol. The van der Waals surface area contributed by atoms with Crippen molar-refractivity contribution < 1.29 is 36.3 Å². The van der Waals surface area contributed by atoms with E-state index in [9.17, 15) is 31.5 Å². The van der Waals surface area contributed by atoms with Crippen LogP contribution >= 0.6 is 0 Å². The molecule has 3 heterocycles. The van der Waals surface area contributed by atoms with Gasteiger partial charge in [-0.05, 0) is 31.0 Å². The number of ether oxygens (including phenoxy) is 1. The van der Waals surface area contributed by atoms with Gasteiger partial charge in [0, 0.05) is 37.6 Å². The molecule has 2 fully saturated rings. The van der Waals surface area contributed by atoms with Crippen molar-refractivity contribution in [3.63, 3.8) is 0 Å². The Bertz CT molecular complexity index is 1080. The van der Waals surface area contributed by atoms with Crippen molar-refractivity contribution in [3.8, 4) is 6.01 Å². The Morgan fingerprint density at radius 3 is 2.65 bits per heavy atom. The SMILES string of the molecule is O=C(CN1CCN(c2ccc(F)c(F)c2)C1=O)N1CCCC(Oc2nccc(C(F)(F)F)n2)C1. The number of piperidine rings is 1. The Labute approximate surface area is 190 Å². The summed E-state index contributed by atoms with van der Waals surface area (Å²) in [7, 11) is 0. The van der Waals surface area contributed by atoms with Crippen molar-refractivity contribution in [1.29, 1.82) is 0 Å². The summed E-state index contributed by atoms with van der Waals surface area (Å²) in [4.78, 5) is 36.6. The molecule has 1 unspecified atom stereocenters. The predicted molar refractivity (Wildman–Crippen MR) is 108 cm³/mol. The molecule has 1 atom stereocenters. The molecule has 0 N–H and O–H groups in total. The maximum absolute atomic E-state index is 13.5. The Morgan fingerprint density at radius 2 is 1.91 bits per heavy atom. The van der Waals surface area contributed by atoms with Crippen molar-refractivity contribution in [3.05, 3.63) is 47.8 Å². The fourth-order valence-electron chi connectivity index (χ4n) is 3.85. The minimum absolute atomic E-state index is 0.105. The van der Waals surface area contributed by atoms with E-state index in [0.717, 1.165) is 24.4 Å². The first kappa shape index (κ1) is 23.6. The van der Waals surface area contributed by atoms with E-state index in [-0.39, 0.29) is 37.8 Å². The quantitative estimate of drug-likeness (QED) is 0.609. The number of benzene rings is 1. The summed E-state index contributed by atoms with van der Waals surface area (Å²) >= 11 is 0. The molecule has 2 aliphatic heterocycles. The third kappa shape index (κ3) is 5.18. The minimum atomic E-state index is -4.63. The molecule has 0 saturated carbocycles. The lowest BCUT2D eigenvalue weighted by molar-refractivity contribution is -0.141. The number of urea groups is 1. The van der Waals surface area contributed by atoms with E-state index in [2.05, 4.69) is 9.97 Å². The third-order valence-corrected chi connectivity index (χ3v) is 5.56. The van der Waals surface area contributed by atoms with Crippen LogP contribution in [0, 0.1) is 11.6 Å². The van der Waals surface area contributed by atoms with Gasteiger partial charge in [-0.15, -0.1) is 0 Å². The van der Waals surface area contributed by atoms with Gasteiger partial charge < -0.3 is 14.5 Å². The first-order valence-corrected chi connectivity index (χ1v) is 10.5. The Balaban J connectivity index is 1.34. The highest BCUT2D eigenvalue weighted by atomic mass is 19.4. The Kier molecular flexibility index (Phi) is 6.53. The standard InChI is InChI=1S/C21H20F5N5O3/c22-15-4-3-13(10-16(15)23)31-9-8-30(20(31)33)12-18(32)29-7-1-2-14(11-29)34-19-27-6-5-17(28-19)21(24,25)26/h3-6,10,14H,1-2,7-9,11-12H2. The fourth-order valence-corrected chi connectivity index (χ4v) is 3.85. The van der Waals surface area contributed by atoms with E-state index in [1.165, 1.54) is 20.8 Å². The largest absolute Gasteiger partial charge is 0.458 e. The number of nitrogens with zero attached hydrogens (tertiary/aromatic N) is 5. The lowest BCUT2D eigenvalue weighted by Gasteiger charge is -2.33. The lowest BCUT2D eigenvalue weighted by Crippen LogP contribution is -2.48. The summed E-state index contributed by atoms with van der Waals surface area (Å²) in [6.45, 7) is 0.696. The number of alkyl halides is 3. The summed E-state index contributed by atoms with van der Waals surface area (Å²) in [6, 6.07) is 2.92. The molecule has 2 saturated heterocycles. The molecule has 0 radical (unpaired) electrons. The molecular weight excluding hydrogens is 465 g/mol. The third-order valence-electron chi connectivity index (χ3n) is 5.56. The van der Waals surface area contributed by atoms with Crippen LogP contribution in [0.3, 0.4) is 0 Å². The van der Waals surface area contributed by atoms with E-state index >= 15 is 0 Å². The van der Waals surface area contributed by atoms with Gasteiger partial charge in [0.25, 0.3) is 0 Å². The predicted octanol–water partition coefficient (Wildman–Crippen LogP) is 3.09. The zero-order valence-corrected chi connectivity index (χ0v) is 17.8. The number of halogens is 5. The van der Waals surface area contributed by atoms with Crippen LogP contribution in [0.15, 0.2) is 30.5 Å². The number of aromatic nitrogens is 2. The van der Waals surface area contributed by atoms with Gasteiger partial charge >= 0.3 is 18.2 Å². The van der Waals surface area contributed by atoms with Crippen LogP contribution in [0.1, 0.15) is 18.5 Å². The Hall–Kier alpha value is -3.51. The number of carbonyl (C=O) groups is 2. The zero-order chi connectivity index (χ0) is 24.5. The summed E-state index contributed by atoms with van der Waals surface area (Å²) in [5, 5.41) is 0. The number of anilines is 1. The van der Waals surface area contributed by atoms with Gasteiger partial charge in [-0.25, -0.2) is 18.6 Å². The van der Waals surface area contributed by atoms with Crippen LogP contribution in [-0.4, -0.2) is 70.5 Å². The molecule has 2 aliphatic rings. The zero-order valence-electron chi connectivity index (χ0n) is 17.8. The number of carbonyl (C=O) groups excluding carboxylic acids is 2. The summed E-state index contributed by atoms with van der Waals surface area (Å²) in [5.74, 6) is -2.47. The van der Waals surface area contributed by atoms with Gasteiger partial charge in [0.1, 0.15) is 12.6 Å². The average Bonchev–Trinajstić information content (AvgIpc) is 3.15. The van der Waals surface area contributed by atoms with Gasteiger partial charge in [-0.1, -0.05) is 0 Å². The summed E-state index contributed by atoms with van der Waals surface area (Å²) in [6.07, 6.45) is -3.24. The van der Waals surface area contributed by atoms with Crippen molar-refractivity contribution >= 4 is 17.6 Å². The highest BCUT2D eigenvalue weighted by Gasteiger charge is 2.35. The van der Waals surface area contributed by atoms with Crippen LogP contribution in [0.2, 0.25) is 0 Å². The van der Waals surface area contributed by atoms with Gasteiger partial charge in [-0.3, -0.25) is 9.69 Å². The van der Waals surface area contributed by atoms with E-state index in [4.69, 9.17) is 4.74 Å². The molecule has 1 aromatic heterocycles. The normalized spacial score (nSPS) is 19.0. The first-order valence-electron chi connectivity index (χ1n) is 10.5. The maximum Gasteiger partial charge on any atom is 0.433 e. The second-order valence-corrected chi connectivity index (χ2v) is 7.90. The van der Waals surface area contributed by atoms with Crippen molar-refractivity contribution in [2.75, 3.05) is 37.6 Å². The van der Waals surface area contributed by atoms with Gasteiger partial charge in [0.05, 0.1) is 6.54 Å². The fraction of sp³-hybridized carbons (Fsp3) is 0.429. The van der Waals surface area contributed by atoms with Crippen molar-refractivity contribution in [1.82, 2.24) is 19.8 Å². The molecule has 3 amide bonds. The molecule has 1 aromatic carbocycles. The summed E-state index contributed by atoms with van der Waals surface area (Å²) in [5.41, 5.74) is -0.939. The molecular formula is C21H20F5N5O3. The highest BCUT2D eigenvalue weighted by molar-refractivity contribution is 5.96. The van der Waals surface area contributed by atoms with Gasteiger partial charge in [0.15, 0.2) is 17.3 Å². The smallest absolute Gasteiger partial charge is 0.433 e. The highest BCUT2D eigenvalue weighted by Crippen LogP contribution is 2.28. The molecule has 4 rings (SSSR count). The first-order chi connectivity index (χ1) is 16.1. The number of likely N-dealkylation sites (tertiary alicyclic amines) is 1. The molecule has 182 valence electrons. The Morgan fingerprint density at radius 1 is 1.12 bits per heavy atom. The van der Waals surface area contributed by atoms with Gasteiger partial charge in [-0.2, -0.15) is 18.2 Å². The molecule has 0 aliphatic carbocycles. The van der Waals surface area contributed by atoms with Crippen LogP contribution in [0.5, 0.6) is 6.01 Å². The average molecular weight is 485 g/mol. The van der Waals surface area contributed by atoms with Crippen LogP contribution in [0.4, 0.5) is 32.4 Å². The van der Waals surface area contributed by atoms with Crippen molar-refractivity contribution in [2.24, 2.45) is 0 Å². The van der Waals surface area contributed by atoms with Crippen LogP contribution in [0.25, 0.3) is 0 Å². The molecule has 13 heteroatoms. The maximum atomic E-state index is 13.5. The molecule has 0 spiro atoms. The lowest BCUT2D eigenvalue weighted by atomic mass is 10.1. The molecule has 0 bridgehead atoms. The van der Waals surface area contributed by atoms with E-state index in [1.54, 1.807) is 0 Å². The second-order valence-electron chi connectivity index (χ2n) is 7.90. The molecule has 8 nitrogen and oxygen atoms in total. The van der Waals surface area contributed by atoms with E-state index < -0.39 is 41.7 Å². The van der Waals surface area contributed by atoms with Crippen LogP contribution in [-0.2, 0) is 11.0 Å². The number of hydrogen-bond donors (Lipinski definition) is 0. The van der Waals surface area contributed by atoms with E-state index in [0.29, 0.717) is 19.4 Å². The second kappa shape index (κ2) is 9.39. The number of amides is 3. The minimum Gasteiger partial charge on any atom is -0.458 e. The molecule has 2 aromatic rings. The summed E-state index contributed by atoms with van der Waals surface area (Å²) < 4.78 is 70.7. The number of rotatable bonds is 5. The van der Waals surface area contributed by atoms with Crippen LogP contribution < -0.4 is 9.64 Å². The van der Waals surface area contributed by atoms with Gasteiger partial charge in [0.2, 0.25) is 5.91 Å². The van der Waals surface area contributed by atoms with E-state index in [1.807, 2.05) is 0 Å². The topological polar surface area (TPSA) is 78.9 Å². The molecule has 34 heavy (non-hydrogen) atoms. The van der Waals surface area contributed by atoms with Crippen molar-refractivity contribution in [2.45, 2.75) is 25.1 Å². The number of hydrogen-bond acceptors (Lipinski definition) is 5.